The number of ether oxygens (including phenoxy) is 1. The Bertz CT molecular complexity index is 596. The number of aryl methyl sites for hydroxylation is 1. The first kappa shape index (κ1) is 14.4. The number of ketones is 1. The lowest BCUT2D eigenvalue weighted by Crippen LogP contribution is -2.46. The molecule has 0 N–H and O–H groups in total. The van der Waals surface area contributed by atoms with Crippen molar-refractivity contribution in [1.82, 2.24) is 15.0 Å². The molecule has 0 amide bonds. The zero-order chi connectivity index (χ0) is 14.7. The lowest BCUT2D eigenvalue weighted by molar-refractivity contribution is -0.0138. The number of thiophene rings is 1. The van der Waals surface area contributed by atoms with Crippen LogP contribution in [0.25, 0.3) is 0 Å². The van der Waals surface area contributed by atoms with Gasteiger partial charge in [0.05, 0.1) is 24.6 Å². The fourth-order valence-corrected chi connectivity index (χ4v) is 3.10. The molecule has 3 rings (SSSR count). The normalized spacial score (nSPS) is 19.8. The molecule has 0 saturated carbocycles. The van der Waals surface area contributed by atoms with Gasteiger partial charge >= 0.3 is 0 Å². The highest BCUT2D eigenvalue weighted by Gasteiger charge is 2.27. The molecule has 2 aromatic rings. The van der Waals surface area contributed by atoms with Gasteiger partial charge in [-0.05, 0) is 11.4 Å². The Balaban J connectivity index is 1.65. The van der Waals surface area contributed by atoms with E-state index in [1.807, 2.05) is 17.5 Å². The van der Waals surface area contributed by atoms with E-state index in [2.05, 4.69) is 15.0 Å². The molecule has 21 heavy (non-hydrogen) atoms. The minimum absolute atomic E-state index is 0.0622. The second-order valence-electron chi connectivity index (χ2n) is 5.03. The van der Waals surface area contributed by atoms with Gasteiger partial charge in [0.25, 0.3) is 0 Å². The predicted octanol–water partition coefficient (Wildman–Crippen LogP) is 1.91. The molecular weight excluding hydrogens is 290 g/mol. The molecule has 0 aliphatic carbocycles. The van der Waals surface area contributed by atoms with Gasteiger partial charge in [0.2, 0.25) is 5.89 Å². The second kappa shape index (κ2) is 6.46. The Labute approximate surface area is 126 Å². The van der Waals surface area contributed by atoms with Crippen molar-refractivity contribution in [3.8, 4) is 0 Å². The summed E-state index contributed by atoms with van der Waals surface area (Å²) in [5.41, 5.74) is 0. The molecule has 0 bridgehead atoms. The summed E-state index contributed by atoms with van der Waals surface area (Å²) in [6.45, 7) is 4.36. The van der Waals surface area contributed by atoms with Crippen molar-refractivity contribution >= 4 is 17.1 Å². The second-order valence-corrected chi connectivity index (χ2v) is 5.98. The maximum atomic E-state index is 12.3. The monoisotopic (exact) mass is 307 g/mol. The number of carbonyl (C=O) groups is 1. The van der Waals surface area contributed by atoms with Crippen molar-refractivity contribution in [2.24, 2.45) is 0 Å². The van der Waals surface area contributed by atoms with Crippen LogP contribution in [-0.2, 0) is 11.3 Å². The van der Waals surface area contributed by atoms with Crippen LogP contribution < -0.4 is 0 Å². The van der Waals surface area contributed by atoms with E-state index in [9.17, 15) is 4.79 Å². The molecule has 0 spiro atoms. The van der Waals surface area contributed by atoms with Crippen molar-refractivity contribution < 1.29 is 14.1 Å². The highest BCUT2D eigenvalue weighted by Crippen LogP contribution is 2.18. The van der Waals surface area contributed by atoms with Gasteiger partial charge in [0.1, 0.15) is 0 Å². The average Bonchev–Trinajstić information content (AvgIpc) is 3.13. The van der Waals surface area contributed by atoms with Crippen molar-refractivity contribution in [1.29, 1.82) is 0 Å². The highest BCUT2D eigenvalue weighted by molar-refractivity contribution is 7.12. The fraction of sp³-hybridized carbons (Fsp3) is 0.500. The Morgan fingerprint density at radius 1 is 1.57 bits per heavy atom. The van der Waals surface area contributed by atoms with E-state index >= 15 is 0 Å². The van der Waals surface area contributed by atoms with Crippen LogP contribution >= 0.6 is 11.3 Å². The molecule has 1 aliphatic rings. The zero-order valence-corrected chi connectivity index (χ0v) is 12.6. The molecule has 0 aromatic carbocycles. The smallest absolute Gasteiger partial charge is 0.223 e. The van der Waals surface area contributed by atoms with Gasteiger partial charge in [-0.25, -0.2) is 0 Å². The Morgan fingerprint density at radius 2 is 2.48 bits per heavy atom. The Morgan fingerprint density at radius 3 is 3.19 bits per heavy atom. The zero-order valence-electron chi connectivity index (χ0n) is 11.8. The van der Waals surface area contributed by atoms with E-state index in [1.165, 1.54) is 11.3 Å². The van der Waals surface area contributed by atoms with Gasteiger partial charge in [0, 0.05) is 25.9 Å². The van der Waals surface area contributed by atoms with Gasteiger partial charge in [-0.3, -0.25) is 9.69 Å². The summed E-state index contributed by atoms with van der Waals surface area (Å²) in [5, 5.41) is 5.84. The number of carbonyl (C=O) groups excluding carboxylic acids is 1. The highest BCUT2D eigenvalue weighted by atomic mass is 32.1. The molecule has 6 nitrogen and oxygen atoms in total. The standard InChI is InChI=1S/C14H17N3O3S/c1-10-15-14(16-20-10)8-17-4-5-19-9-11(17)7-12(18)13-3-2-6-21-13/h2-3,6,11H,4-5,7-9H2,1H3/t11-/m0/s1. The maximum Gasteiger partial charge on any atom is 0.223 e. The summed E-state index contributed by atoms with van der Waals surface area (Å²) in [5.74, 6) is 1.38. The average molecular weight is 307 g/mol. The quantitative estimate of drug-likeness (QED) is 0.786. The van der Waals surface area contributed by atoms with Crippen molar-refractivity contribution in [3.63, 3.8) is 0 Å². The molecular formula is C14H17N3O3S. The minimum Gasteiger partial charge on any atom is -0.378 e. The summed E-state index contributed by atoms with van der Waals surface area (Å²) in [6.07, 6.45) is 0.456. The van der Waals surface area contributed by atoms with E-state index in [0.29, 0.717) is 37.9 Å². The molecule has 3 heterocycles. The number of aromatic nitrogens is 2. The van der Waals surface area contributed by atoms with Gasteiger partial charge in [-0.15, -0.1) is 11.3 Å². The summed E-state index contributed by atoms with van der Waals surface area (Å²) in [4.78, 5) is 19.5. The third-order valence-corrected chi connectivity index (χ3v) is 4.39. The molecule has 112 valence electrons. The fourth-order valence-electron chi connectivity index (χ4n) is 2.42. The van der Waals surface area contributed by atoms with Gasteiger partial charge in [0.15, 0.2) is 11.6 Å². The summed E-state index contributed by atoms with van der Waals surface area (Å²) < 4.78 is 10.5. The van der Waals surface area contributed by atoms with Gasteiger partial charge in [-0.1, -0.05) is 11.2 Å². The van der Waals surface area contributed by atoms with Crippen molar-refractivity contribution in [2.75, 3.05) is 19.8 Å². The number of morpholine rings is 1. The molecule has 0 unspecified atom stereocenters. The molecule has 1 saturated heterocycles. The summed E-state index contributed by atoms with van der Waals surface area (Å²) in [6, 6.07) is 3.82. The molecule has 2 aromatic heterocycles. The number of rotatable bonds is 5. The first-order valence-electron chi connectivity index (χ1n) is 6.90. The van der Waals surface area contributed by atoms with Crippen LogP contribution in [0.1, 0.15) is 27.8 Å². The van der Waals surface area contributed by atoms with Gasteiger partial charge < -0.3 is 9.26 Å². The first-order valence-corrected chi connectivity index (χ1v) is 7.78. The maximum absolute atomic E-state index is 12.3. The van der Waals surface area contributed by atoms with Crippen LogP contribution in [0.3, 0.4) is 0 Å². The van der Waals surface area contributed by atoms with E-state index in [-0.39, 0.29) is 11.8 Å². The number of Topliss-reactive ketones (excluding diaryl/α,β-unsaturated/α-hetero) is 1. The van der Waals surface area contributed by atoms with Crippen LogP contribution in [0.5, 0.6) is 0 Å². The minimum atomic E-state index is 0.0622. The van der Waals surface area contributed by atoms with Crippen LogP contribution in [0.2, 0.25) is 0 Å². The van der Waals surface area contributed by atoms with E-state index in [0.717, 1.165) is 11.4 Å². The molecule has 7 heteroatoms. The van der Waals surface area contributed by atoms with E-state index in [4.69, 9.17) is 9.26 Å². The SMILES string of the molecule is Cc1nc(CN2CCOC[C@@H]2CC(=O)c2cccs2)no1. The third kappa shape index (κ3) is 3.55. The van der Waals surface area contributed by atoms with Crippen LogP contribution in [0, 0.1) is 6.92 Å². The van der Waals surface area contributed by atoms with E-state index < -0.39 is 0 Å². The third-order valence-electron chi connectivity index (χ3n) is 3.48. The van der Waals surface area contributed by atoms with Crippen LogP contribution in [0.4, 0.5) is 0 Å². The number of nitrogens with zero attached hydrogens (tertiary/aromatic N) is 3. The Kier molecular flexibility index (Phi) is 4.42. The molecule has 1 aliphatic heterocycles. The molecule has 1 atom stereocenters. The summed E-state index contributed by atoms with van der Waals surface area (Å²) >= 11 is 1.48. The van der Waals surface area contributed by atoms with Gasteiger partial charge in [-0.2, -0.15) is 4.98 Å². The van der Waals surface area contributed by atoms with Crippen molar-refractivity contribution in [2.45, 2.75) is 25.9 Å². The van der Waals surface area contributed by atoms with Crippen LogP contribution in [0.15, 0.2) is 22.0 Å². The number of hydrogen-bond acceptors (Lipinski definition) is 7. The summed E-state index contributed by atoms with van der Waals surface area (Å²) in [7, 11) is 0. The van der Waals surface area contributed by atoms with Crippen LogP contribution in [-0.4, -0.2) is 46.6 Å². The molecule has 0 radical (unpaired) electrons. The Hall–Kier alpha value is -1.57. The number of hydrogen-bond donors (Lipinski definition) is 0. The first-order chi connectivity index (χ1) is 10.2. The van der Waals surface area contributed by atoms with E-state index in [1.54, 1.807) is 6.92 Å². The molecule has 1 fully saturated rings. The lowest BCUT2D eigenvalue weighted by atomic mass is 10.1. The predicted molar refractivity (Wildman–Crippen MR) is 77.3 cm³/mol. The largest absolute Gasteiger partial charge is 0.378 e. The topological polar surface area (TPSA) is 68.5 Å². The van der Waals surface area contributed by atoms with Crippen molar-refractivity contribution in [3.05, 3.63) is 34.1 Å². The lowest BCUT2D eigenvalue weighted by Gasteiger charge is -2.34.